The molecule has 0 aromatic heterocycles. The van der Waals surface area contributed by atoms with Crippen LogP contribution in [0.5, 0.6) is 0 Å². The Balaban J connectivity index is 3.61. The predicted molar refractivity (Wildman–Crippen MR) is 63.5 cm³/mol. The monoisotopic (exact) mass is 254 g/mol. The van der Waals surface area contributed by atoms with Gasteiger partial charge in [-0.1, -0.05) is 12.8 Å². The van der Waals surface area contributed by atoms with Crippen molar-refractivity contribution in [1.82, 2.24) is 5.32 Å². The summed E-state index contributed by atoms with van der Waals surface area (Å²) in [7, 11) is 0. The molecule has 0 aromatic carbocycles. The lowest BCUT2D eigenvalue weighted by atomic mass is 10.1. The van der Waals surface area contributed by atoms with Crippen molar-refractivity contribution in [2.45, 2.75) is 39.0 Å². The van der Waals surface area contributed by atoms with Crippen LogP contribution in [0.1, 0.15) is 39.0 Å². The molecule has 0 aliphatic carbocycles. The standard InChI is InChI=1S/C12H18N2O4/c1-9(15)10(8-13)12(18)14-7-5-3-2-4-6-11(16)17/h10H,2-7H2,1H3,(H,14,18)(H,16,17). The van der Waals surface area contributed by atoms with E-state index >= 15 is 0 Å². The van der Waals surface area contributed by atoms with Crippen LogP contribution in [0, 0.1) is 17.2 Å². The van der Waals surface area contributed by atoms with Crippen molar-refractivity contribution in [3.63, 3.8) is 0 Å². The molecule has 0 heterocycles. The Kier molecular flexibility index (Phi) is 8.20. The van der Waals surface area contributed by atoms with Gasteiger partial charge >= 0.3 is 5.97 Å². The highest BCUT2D eigenvalue weighted by molar-refractivity contribution is 6.02. The Labute approximate surface area is 106 Å². The van der Waals surface area contributed by atoms with Gasteiger partial charge in [0.05, 0.1) is 6.07 Å². The van der Waals surface area contributed by atoms with Gasteiger partial charge in [-0.15, -0.1) is 0 Å². The van der Waals surface area contributed by atoms with Gasteiger partial charge < -0.3 is 10.4 Å². The quantitative estimate of drug-likeness (QED) is 0.469. The molecule has 0 spiro atoms. The van der Waals surface area contributed by atoms with Crippen molar-refractivity contribution >= 4 is 17.7 Å². The van der Waals surface area contributed by atoms with Crippen molar-refractivity contribution in [2.24, 2.45) is 5.92 Å². The van der Waals surface area contributed by atoms with Crippen molar-refractivity contribution in [1.29, 1.82) is 5.26 Å². The third-order valence-corrected chi connectivity index (χ3v) is 2.41. The molecule has 0 rings (SSSR count). The first kappa shape index (κ1) is 16.1. The van der Waals surface area contributed by atoms with E-state index in [9.17, 15) is 14.4 Å². The number of carbonyl (C=O) groups excluding carboxylic acids is 2. The molecule has 0 bridgehead atoms. The Bertz CT molecular complexity index is 346. The molecule has 0 aromatic rings. The molecule has 0 aliphatic heterocycles. The smallest absolute Gasteiger partial charge is 0.303 e. The molecule has 1 unspecified atom stereocenters. The molecule has 2 N–H and O–H groups in total. The molecule has 0 saturated heterocycles. The number of Topliss-reactive ketones (excluding diaryl/α,β-unsaturated/α-hetero) is 1. The second-order valence-corrected chi connectivity index (χ2v) is 4.02. The lowest BCUT2D eigenvalue weighted by Crippen LogP contribution is -2.34. The van der Waals surface area contributed by atoms with E-state index in [4.69, 9.17) is 10.4 Å². The minimum absolute atomic E-state index is 0.160. The summed E-state index contributed by atoms with van der Waals surface area (Å²) in [5.74, 6) is -3.05. The van der Waals surface area contributed by atoms with Gasteiger partial charge in [-0.05, 0) is 19.8 Å². The van der Waals surface area contributed by atoms with E-state index in [0.717, 1.165) is 12.8 Å². The average molecular weight is 254 g/mol. The number of ketones is 1. The Morgan fingerprint density at radius 3 is 2.33 bits per heavy atom. The number of amides is 1. The number of aliphatic carboxylic acids is 1. The molecule has 0 radical (unpaired) electrons. The zero-order valence-electron chi connectivity index (χ0n) is 10.4. The summed E-state index contributed by atoms with van der Waals surface area (Å²) in [6, 6.07) is 1.65. The summed E-state index contributed by atoms with van der Waals surface area (Å²) in [6.45, 7) is 1.61. The molecule has 18 heavy (non-hydrogen) atoms. The normalized spacial score (nSPS) is 11.3. The fraction of sp³-hybridized carbons (Fsp3) is 0.667. The van der Waals surface area contributed by atoms with Gasteiger partial charge in [0.15, 0.2) is 11.7 Å². The van der Waals surface area contributed by atoms with Crippen LogP contribution in [0.25, 0.3) is 0 Å². The number of hydrogen-bond acceptors (Lipinski definition) is 4. The third kappa shape index (κ3) is 7.39. The summed E-state index contributed by atoms with van der Waals surface area (Å²) in [6.07, 6.45) is 3.09. The molecular formula is C12H18N2O4. The summed E-state index contributed by atoms with van der Waals surface area (Å²) in [5, 5.41) is 19.5. The van der Waals surface area contributed by atoms with Gasteiger partial charge in [0.2, 0.25) is 5.91 Å². The molecule has 1 amide bonds. The SMILES string of the molecule is CC(=O)C(C#N)C(=O)NCCCCCCC(=O)O. The Hall–Kier alpha value is -1.90. The van der Waals surface area contributed by atoms with Crippen LogP contribution in [-0.2, 0) is 14.4 Å². The zero-order valence-corrected chi connectivity index (χ0v) is 10.4. The number of unbranched alkanes of at least 4 members (excludes halogenated alkanes) is 3. The van der Waals surface area contributed by atoms with Crippen LogP contribution in [0.3, 0.4) is 0 Å². The number of rotatable bonds is 9. The second-order valence-electron chi connectivity index (χ2n) is 4.02. The molecule has 6 nitrogen and oxygen atoms in total. The fourth-order valence-corrected chi connectivity index (χ4v) is 1.40. The number of carboxylic acids is 1. The number of hydrogen-bond donors (Lipinski definition) is 2. The third-order valence-electron chi connectivity index (χ3n) is 2.41. The second kappa shape index (κ2) is 9.16. The van der Waals surface area contributed by atoms with E-state index in [1.165, 1.54) is 6.92 Å². The van der Waals surface area contributed by atoms with Crippen LogP contribution >= 0.6 is 0 Å². The van der Waals surface area contributed by atoms with Crippen LogP contribution in [0.15, 0.2) is 0 Å². The summed E-state index contributed by atoms with van der Waals surface area (Å²) >= 11 is 0. The Morgan fingerprint density at radius 2 is 1.83 bits per heavy atom. The fourth-order valence-electron chi connectivity index (χ4n) is 1.40. The molecule has 6 heteroatoms. The van der Waals surface area contributed by atoms with E-state index in [-0.39, 0.29) is 6.42 Å². The first-order valence-corrected chi connectivity index (χ1v) is 5.88. The van der Waals surface area contributed by atoms with E-state index < -0.39 is 23.6 Å². The highest BCUT2D eigenvalue weighted by Crippen LogP contribution is 2.02. The predicted octanol–water partition coefficient (Wildman–Crippen LogP) is 0.866. The molecule has 1 atom stereocenters. The summed E-state index contributed by atoms with van der Waals surface area (Å²) in [4.78, 5) is 32.5. The maximum Gasteiger partial charge on any atom is 0.303 e. The topological polar surface area (TPSA) is 107 Å². The highest BCUT2D eigenvalue weighted by atomic mass is 16.4. The summed E-state index contributed by atoms with van der Waals surface area (Å²) in [5.41, 5.74) is 0. The zero-order chi connectivity index (χ0) is 14.0. The van der Waals surface area contributed by atoms with E-state index in [0.29, 0.717) is 19.4 Å². The minimum Gasteiger partial charge on any atom is -0.481 e. The largest absolute Gasteiger partial charge is 0.481 e. The first-order chi connectivity index (χ1) is 8.49. The number of nitriles is 1. The van der Waals surface area contributed by atoms with Crippen LogP contribution in [0.4, 0.5) is 0 Å². The molecule has 100 valence electrons. The maximum atomic E-state index is 11.4. The minimum atomic E-state index is -1.22. The van der Waals surface area contributed by atoms with Gasteiger partial charge in [-0.3, -0.25) is 14.4 Å². The van der Waals surface area contributed by atoms with E-state index in [1.807, 2.05) is 0 Å². The highest BCUT2D eigenvalue weighted by Gasteiger charge is 2.21. The van der Waals surface area contributed by atoms with Gasteiger partial charge in [-0.2, -0.15) is 5.26 Å². The van der Waals surface area contributed by atoms with Gasteiger partial charge in [0, 0.05) is 13.0 Å². The van der Waals surface area contributed by atoms with E-state index in [1.54, 1.807) is 6.07 Å². The summed E-state index contributed by atoms with van der Waals surface area (Å²) < 4.78 is 0. The van der Waals surface area contributed by atoms with Crippen LogP contribution in [-0.4, -0.2) is 29.3 Å². The van der Waals surface area contributed by atoms with E-state index in [2.05, 4.69) is 5.32 Å². The number of nitrogens with zero attached hydrogens (tertiary/aromatic N) is 1. The van der Waals surface area contributed by atoms with Gasteiger partial charge in [-0.25, -0.2) is 0 Å². The van der Waals surface area contributed by atoms with Crippen molar-refractivity contribution in [3.8, 4) is 6.07 Å². The van der Waals surface area contributed by atoms with Crippen molar-refractivity contribution in [3.05, 3.63) is 0 Å². The Morgan fingerprint density at radius 1 is 1.22 bits per heavy atom. The average Bonchev–Trinajstić information content (AvgIpc) is 2.27. The molecule has 0 saturated carbocycles. The lowest BCUT2D eigenvalue weighted by molar-refractivity contribution is -0.137. The first-order valence-electron chi connectivity index (χ1n) is 5.88. The molecular weight excluding hydrogens is 236 g/mol. The maximum absolute atomic E-state index is 11.4. The number of nitrogens with one attached hydrogen (secondary N) is 1. The molecule has 0 fully saturated rings. The number of carboxylic acid groups (broad SMARTS) is 1. The van der Waals surface area contributed by atoms with Gasteiger partial charge in [0.1, 0.15) is 0 Å². The lowest BCUT2D eigenvalue weighted by Gasteiger charge is -2.07. The van der Waals surface area contributed by atoms with Crippen molar-refractivity contribution in [2.75, 3.05) is 6.54 Å². The van der Waals surface area contributed by atoms with Crippen molar-refractivity contribution < 1.29 is 19.5 Å². The van der Waals surface area contributed by atoms with Gasteiger partial charge in [0.25, 0.3) is 0 Å². The van der Waals surface area contributed by atoms with Crippen LogP contribution < -0.4 is 5.32 Å². The molecule has 0 aliphatic rings. The van der Waals surface area contributed by atoms with Crippen LogP contribution in [0.2, 0.25) is 0 Å². The number of carbonyl (C=O) groups is 3.